The molecule has 0 saturated heterocycles. The summed E-state index contributed by atoms with van der Waals surface area (Å²) in [7, 11) is -13.5. The second-order valence-electron chi connectivity index (χ2n) is 6.11. The molecule has 1 aromatic carbocycles. The Morgan fingerprint density at radius 1 is 0.613 bits per heavy atom. The molecule has 1 atom stereocenters. The van der Waals surface area contributed by atoms with E-state index < -0.39 is 27.4 Å². The van der Waals surface area contributed by atoms with Crippen LogP contribution in [-0.2, 0) is 36.3 Å². The van der Waals surface area contributed by atoms with E-state index in [1.807, 2.05) is 0 Å². The van der Waals surface area contributed by atoms with Gasteiger partial charge in [-0.05, 0) is 53.2 Å². The lowest BCUT2D eigenvalue weighted by Crippen LogP contribution is -2.35. The van der Waals surface area contributed by atoms with Crippen LogP contribution in [0, 0.1) is 0 Å². The number of benzene rings is 1. The van der Waals surface area contributed by atoms with Gasteiger partial charge in [0.05, 0.1) is 33.0 Å². The van der Waals surface area contributed by atoms with Crippen molar-refractivity contribution in [3.8, 4) is 5.75 Å². The highest BCUT2D eigenvalue weighted by molar-refractivity contribution is 7.90. The first kappa shape index (κ1) is 28.5. The van der Waals surface area contributed by atoms with Crippen molar-refractivity contribution in [2.75, 3.05) is 33.0 Å². The molecule has 1 aromatic rings. The molecule has 0 aliphatic rings. The van der Waals surface area contributed by atoms with Crippen LogP contribution in [0.3, 0.4) is 0 Å². The molecule has 31 heavy (non-hydrogen) atoms. The second kappa shape index (κ2) is 12.7. The molecule has 0 aliphatic carbocycles. The molecule has 0 radical (unpaired) electrons. The van der Waals surface area contributed by atoms with Crippen molar-refractivity contribution in [3.05, 3.63) is 30.3 Å². The molecule has 1 rings (SSSR count). The summed E-state index contributed by atoms with van der Waals surface area (Å²) in [6.07, 6.45) is -0.244. The largest absolute Gasteiger partial charge is 0.423 e. The Bertz CT molecular complexity index is 750. The standard InChI is InChI=1S/C19H35O9P3/c1-7-19(29(20,23-8-2)24-9-3,30(21,25-10-4)26-11-5)31(22,27-12-6)28-18-16-14-13-15-17-18/h13-17H,7-12H2,1-6H3. The van der Waals surface area contributed by atoms with Gasteiger partial charge in [0, 0.05) is 0 Å². The van der Waals surface area contributed by atoms with E-state index in [1.54, 1.807) is 71.9 Å². The van der Waals surface area contributed by atoms with E-state index in [2.05, 4.69) is 0 Å². The summed E-state index contributed by atoms with van der Waals surface area (Å²) in [5.41, 5.74) is 0. The van der Waals surface area contributed by atoms with Crippen molar-refractivity contribution >= 4 is 22.8 Å². The summed E-state index contributed by atoms with van der Waals surface area (Å²) in [6, 6.07) is 8.22. The predicted molar refractivity (Wildman–Crippen MR) is 121 cm³/mol. The van der Waals surface area contributed by atoms with Crippen LogP contribution in [0.25, 0.3) is 0 Å². The average Bonchev–Trinajstić information content (AvgIpc) is 2.70. The van der Waals surface area contributed by atoms with Crippen molar-refractivity contribution in [3.63, 3.8) is 0 Å². The molecule has 12 heteroatoms. The minimum Gasteiger partial charge on any atom is -0.423 e. The molecule has 0 saturated carbocycles. The first-order valence-electron chi connectivity index (χ1n) is 10.5. The van der Waals surface area contributed by atoms with Crippen LogP contribution in [0.15, 0.2) is 30.3 Å². The maximum Gasteiger partial charge on any atom is 0.409 e. The highest BCUT2D eigenvalue weighted by atomic mass is 31.3. The SMILES string of the molecule is CCOP(=O)(OCC)C(CC)(P(=O)(OCC)OCC)P(=O)(OCC)Oc1ccccc1. The van der Waals surface area contributed by atoms with Gasteiger partial charge in [-0.15, -0.1) is 0 Å². The zero-order valence-corrected chi connectivity index (χ0v) is 21.8. The smallest absolute Gasteiger partial charge is 0.409 e. The van der Waals surface area contributed by atoms with Crippen molar-refractivity contribution < 1.29 is 40.8 Å². The van der Waals surface area contributed by atoms with E-state index in [9.17, 15) is 13.7 Å². The lowest BCUT2D eigenvalue weighted by atomic mass is 10.3. The van der Waals surface area contributed by atoms with Crippen molar-refractivity contribution in [1.82, 2.24) is 0 Å². The average molecular weight is 500 g/mol. The number of rotatable bonds is 16. The summed E-state index contributed by atoms with van der Waals surface area (Å²) in [5, 5.41) is 0. The third-order valence-corrected chi connectivity index (χ3v) is 15.7. The van der Waals surface area contributed by atoms with Crippen LogP contribution in [0.5, 0.6) is 5.75 Å². The van der Waals surface area contributed by atoms with E-state index in [0.29, 0.717) is 0 Å². The molecule has 1 unspecified atom stereocenters. The zero-order valence-electron chi connectivity index (χ0n) is 19.1. The maximum absolute atomic E-state index is 14.5. The van der Waals surface area contributed by atoms with Gasteiger partial charge in [-0.25, -0.2) is 4.57 Å². The molecular formula is C19H35O9P3. The van der Waals surface area contributed by atoms with E-state index in [1.165, 1.54) is 0 Å². The van der Waals surface area contributed by atoms with Gasteiger partial charge in [-0.3, -0.25) is 13.7 Å². The van der Waals surface area contributed by atoms with Crippen LogP contribution in [0.4, 0.5) is 0 Å². The first-order valence-corrected chi connectivity index (χ1v) is 15.1. The number of hydrogen-bond donors (Lipinski definition) is 0. The molecule has 0 bridgehead atoms. The maximum atomic E-state index is 14.5. The number of para-hydroxylation sites is 1. The quantitative estimate of drug-likeness (QED) is 0.224. The Kier molecular flexibility index (Phi) is 11.7. The molecule has 0 fully saturated rings. The Morgan fingerprint density at radius 2 is 0.968 bits per heavy atom. The fraction of sp³-hybridized carbons (Fsp3) is 0.684. The Hall–Kier alpha value is -0.490. The van der Waals surface area contributed by atoms with Crippen molar-refractivity contribution in [2.45, 2.75) is 52.6 Å². The van der Waals surface area contributed by atoms with Crippen LogP contribution >= 0.6 is 22.8 Å². The predicted octanol–water partition coefficient (Wildman–Crippen LogP) is 6.89. The summed E-state index contributed by atoms with van der Waals surface area (Å²) in [6.45, 7) is 9.22. The van der Waals surface area contributed by atoms with Gasteiger partial charge in [0.1, 0.15) is 5.75 Å². The second-order valence-corrected chi connectivity index (χ2v) is 13.9. The summed E-state index contributed by atoms with van der Waals surface area (Å²) in [4.78, 5) is 0. The van der Waals surface area contributed by atoms with Gasteiger partial charge in [0.25, 0.3) is 4.64 Å². The number of hydrogen-bond acceptors (Lipinski definition) is 9. The fourth-order valence-electron chi connectivity index (χ4n) is 3.19. The molecule has 0 aliphatic heterocycles. The minimum atomic E-state index is -4.57. The first-order chi connectivity index (χ1) is 14.7. The molecule has 180 valence electrons. The lowest BCUT2D eigenvalue weighted by molar-refractivity contribution is 0.177. The molecule has 9 nitrogen and oxygen atoms in total. The topological polar surface area (TPSA) is 107 Å². The molecule has 0 spiro atoms. The Morgan fingerprint density at radius 3 is 1.29 bits per heavy atom. The van der Waals surface area contributed by atoms with E-state index >= 15 is 0 Å². The van der Waals surface area contributed by atoms with Crippen molar-refractivity contribution in [1.29, 1.82) is 0 Å². The highest BCUT2D eigenvalue weighted by Crippen LogP contribution is 2.91. The third-order valence-electron chi connectivity index (χ3n) is 4.25. The highest BCUT2D eigenvalue weighted by Gasteiger charge is 2.77. The molecule has 0 aromatic heterocycles. The molecule has 0 N–H and O–H groups in total. The molecular weight excluding hydrogens is 465 g/mol. The summed E-state index contributed by atoms with van der Waals surface area (Å²) >= 11 is 0. The van der Waals surface area contributed by atoms with Crippen molar-refractivity contribution in [2.24, 2.45) is 0 Å². The van der Waals surface area contributed by atoms with Crippen LogP contribution in [0.1, 0.15) is 48.0 Å². The third kappa shape index (κ3) is 5.72. The molecule has 0 heterocycles. The van der Waals surface area contributed by atoms with E-state index in [-0.39, 0.29) is 45.2 Å². The van der Waals surface area contributed by atoms with Gasteiger partial charge in [-0.2, -0.15) is 0 Å². The minimum absolute atomic E-state index is 0.0608. The van der Waals surface area contributed by atoms with Crippen LogP contribution < -0.4 is 4.52 Å². The Balaban J connectivity index is 4.00. The lowest BCUT2D eigenvalue weighted by Gasteiger charge is -2.43. The summed E-state index contributed by atoms with van der Waals surface area (Å²) < 4.78 is 74.4. The van der Waals surface area contributed by atoms with Gasteiger partial charge in [0.2, 0.25) is 0 Å². The normalized spacial score (nSPS) is 14.9. The van der Waals surface area contributed by atoms with Gasteiger partial charge >= 0.3 is 22.8 Å². The van der Waals surface area contributed by atoms with Crippen LogP contribution in [0.2, 0.25) is 0 Å². The van der Waals surface area contributed by atoms with Gasteiger partial charge in [0.15, 0.2) is 0 Å². The van der Waals surface area contributed by atoms with E-state index in [4.69, 9.17) is 27.1 Å². The van der Waals surface area contributed by atoms with Crippen LogP contribution in [-0.4, -0.2) is 37.7 Å². The van der Waals surface area contributed by atoms with Gasteiger partial charge < -0.3 is 22.6 Å². The summed E-state index contributed by atoms with van der Waals surface area (Å²) in [5.74, 6) is 0.177. The fourth-order valence-corrected chi connectivity index (χ4v) is 13.4. The Labute approximate surface area is 185 Å². The monoisotopic (exact) mass is 500 g/mol. The van der Waals surface area contributed by atoms with Gasteiger partial charge in [-0.1, -0.05) is 25.1 Å². The molecule has 0 amide bonds. The zero-order chi connectivity index (χ0) is 23.6. The van der Waals surface area contributed by atoms with E-state index in [0.717, 1.165) is 0 Å².